The van der Waals surface area contributed by atoms with Gasteiger partial charge >= 0.3 is 0 Å². The van der Waals surface area contributed by atoms with Crippen LogP contribution in [0.4, 0.5) is 10.8 Å². The van der Waals surface area contributed by atoms with Gasteiger partial charge in [0.1, 0.15) is 6.04 Å². The zero-order chi connectivity index (χ0) is 22.5. The van der Waals surface area contributed by atoms with Crippen molar-refractivity contribution in [2.45, 2.75) is 12.5 Å². The molecule has 0 bridgehead atoms. The molecule has 2 heterocycles. The monoisotopic (exact) mass is 445 g/mol. The van der Waals surface area contributed by atoms with Gasteiger partial charge in [-0.3, -0.25) is 19.8 Å². The molecule has 0 saturated carbocycles. The van der Waals surface area contributed by atoms with Crippen LogP contribution in [0.5, 0.6) is 0 Å². The van der Waals surface area contributed by atoms with Crippen LogP contribution in [0.1, 0.15) is 18.0 Å². The normalized spacial score (nSPS) is 14.8. The average Bonchev–Trinajstić information content (AvgIpc) is 3.29. The molecule has 32 heavy (non-hydrogen) atoms. The molecule has 0 saturated heterocycles. The molecule has 1 aromatic heterocycles. The summed E-state index contributed by atoms with van der Waals surface area (Å²) < 4.78 is 0. The Kier molecular flexibility index (Phi) is 6.35. The Balaban J connectivity index is 1.56. The first kappa shape index (κ1) is 21.4. The lowest BCUT2D eigenvalue weighted by atomic mass is 10.0. The topological polar surface area (TPSA) is 112 Å². The minimum atomic E-state index is -0.530. The zero-order valence-electron chi connectivity index (χ0n) is 17.0. The van der Waals surface area contributed by atoms with E-state index in [0.717, 1.165) is 11.1 Å². The second kappa shape index (κ2) is 9.51. The van der Waals surface area contributed by atoms with E-state index in [0.29, 0.717) is 35.9 Å². The quantitative estimate of drug-likeness (QED) is 0.440. The Morgan fingerprint density at radius 2 is 2.06 bits per heavy atom. The predicted octanol–water partition coefficient (Wildman–Crippen LogP) is 4.55. The molecular formula is C23H19N5O3S. The van der Waals surface area contributed by atoms with Gasteiger partial charge in [-0.2, -0.15) is 5.26 Å². The molecule has 9 heteroatoms. The lowest BCUT2D eigenvalue weighted by Crippen LogP contribution is -2.39. The predicted molar refractivity (Wildman–Crippen MR) is 122 cm³/mol. The molecule has 2 aromatic carbocycles. The van der Waals surface area contributed by atoms with Crippen molar-refractivity contribution in [1.82, 2.24) is 9.88 Å². The maximum atomic E-state index is 13.3. The number of carbonyl (C=O) groups excluding carboxylic acids is 1. The van der Waals surface area contributed by atoms with E-state index in [1.165, 1.54) is 23.5 Å². The van der Waals surface area contributed by atoms with Gasteiger partial charge in [-0.15, -0.1) is 11.3 Å². The van der Waals surface area contributed by atoms with Gasteiger partial charge < -0.3 is 5.32 Å². The van der Waals surface area contributed by atoms with Crippen molar-refractivity contribution in [3.8, 4) is 17.3 Å². The van der Waals surface area contributed by atoms with Gasteiger partial charge in [-0.25, -0.2) is 4.98 Å². The number of nitriles is 1. The summed E-state index contributed by atoms with van der Waals surface area (Å²) in [5.41, 5.74) is 2.75. The fraction of sp³-hybridized carbons (Fsp3) is 0.174. The molecule has 0 unspecified atom stereocenters. The highest BCUT2D eigenvalue weighted by atomic mass is 32.1. The van der Waals surface area contributed by atoms with Crippen LogP contribution in [0.25, 0.3) is 11.3 Å². The number of thiazole rings is 1. The molecule has 160 valence electrons. The summed E-state index contributed by atoms with van der Waals surface area (Å²) in [6.45, 7) is 1.11. The molecule has 1 N–H and O–H groups in total. The Bertz CT molecular complexity index is 1220. The number of nitro groups is 1. The summed E-state index contributed by atoms with van der Waals surface area (Å²) in [4.78, 5) is 30.4. The summed E-state index contributed by atoms with van der Waals surface area (Å²) in [6, 6.07) is 17.4. The van der Waals surface area contributed by atoms with Crippen molar-refractivity contribution in [1.29, 1.82) is 5.26 Å². The number of non-ortho nitro benzene ring substituents is 1. The highest BCUT2D eigenvalue weighted by molar-refractivity contribution is 7.14. The number of aromatic nitrogens is 1. The fourth-order valence-corrected chi connectivity index (χ4v) is 4.32. The standard InChI is InChI=1S/C23H19N5O3S/c24-14-16-9-11-27(12-10-16)21(17-5-2-1-3-6-17)22(29)26-23-25-20(15-32-23)18-7-4-8-19(13-18)28(30)31/h1-9,13,15,21H,10-12H2,(H,25,26,29)/t21-/m0/s1. The lowest BCUT2D eigenvalue weighted by Gasteiger charge is -2.32. The van der Waals surface area contributed by atoms with Crippen molar-refractivity contribution in [3.63, 3.8) is 0 Å². The number of carbonyl (C=O) groups is 1. The van der Waals surface area contributed by atoms with Crippen molar-refractivity contribution in [3.05, 3.63) is 87.3 Å². The van der Waals surface area contributed by atoms with Crippen molar-refractivity contribution in [2.75, 3.05) is 18.4 Å². The molecule has 1 aliphatic heterocycles. The molecule has 0 spiro atoms. The van der Waals surface area contributed by atoms with Gasteiger partial charge in [0.15, 0.2) is 5.13 Å². The number of hydrogen-bond donors (Lipinski definition) is 1. The summed E-state index contributed by atoms with van der Waals surface area (Å²) >= 11 is 1.26. The van der Waals surface area contributed by atoms with Crippen LogP contribution < -0.4 is 5.32 Å². The van der Waals surface area contributed by atoms with Gasteiger partial charge in [-0.1, -0.05) is 48.5 Å². The van der Waals surface area contributed by atoms with Crippen molar-refractivity contribution in [2.24, 2.45) is 0 Å². The van der Waals surface area contributed by atoms with Crippen molar-refractivity contribution >= 4 is 28.1 Å². The van der Waals surface area contributed by atoms with Crippen LogP contribution in [0.3, 0.4) is 0 Å². The Morgan fingerprint density at radius 1 is 1.25 bits per heavy atom. The maximum absolute atomic E-state index is 13.3. The van der Waals surface area contributed by atoms with E-state index >= 15 is 0 Å². The number of hydrogen-bond acceptors (Lipinski definition) is 7. The first-order chi connectivity index (χ1) is 15.5. The largest absolute Gasteiger partial charge is 0.300 e. The number of anilines is 1. The van der Waals surface area contributed by atoms with Crippen LogP contribution in [-0.2, 0) is 4.79 Å². The average molecular weight is 446 g/mol. The van der Waals surface area contributed by atoms with Crippen LogP contribution in [-0.4, -0.2) is 33.8 Å². The highest BCUT2D eigenvalue weighted by Crippen LogP contribution is 2.30. The van der Waals surface area contributed by atoms with E-state index in [1.807, 2.05) is 41.3 Å². The number of nitrogens with one attached hydrogen (secondary N) is 1. The maximum Gasteiger partial charge on any atom is 0.270 e. The number of amides is 1. The molecule has 0 aliphatic carbocycles. The van der Waals surface area contributed by atoms with Gasteiger partial charge in [0.25, 0.3) is 5.69 Å². The Hall–Kier alpha value is -3.87. The van der Waals surface area contributed by atoms with E-state index in [1.54, 1.807) is 17.5 Å². The fourth-order valence-electron chi connectivity index (χ4n) is 3.60. The third-order valence-electron chi connectivity index (χ3n) is 5.20. The molecule has 1 atom stereocenters. The molecule has 0 fully saturated rings. The van der Waals surface area contributed by atoms with Gasteiger partial charge in [0.05, 0.1) is 16.7 Å². The number of nitro benzene ring substituents is 1. The summed E-state index contributed by atoms with van der Waals surface area (Å²) in [5, 5.41) is 25.2. The first-order valence-corrected chi connectivity index (χ1v) is 10.8. The number of benzene rings is 2. The van der Waals surface area contributed by atoms with E-state index in [9.17, 15) is 14.9 Å². The summed E-state index contributed by atoms with van der Waals surface area (Å²) in [6.07, 6.45) is 2.46. The minimum absolute atomic E-state index is 0.0138. The van der Waals surface area contributed by atoms with Crippen LogP contribution >= 0.6 is 11.3 Å². The van der Waals surface area contributed by atoms with Gasteiger partial charge in [0, 0.05) is 41.7 Å². The third-order valence-corrected chi connectivity index (χ3v) is 5.96. The third kappa shape index (κ3) is 4.72. The molecular weight excluding hydrogens is 426 g/mol. The SMILES string of the molecule is N#CC1=CCN([C@H](C(=O)Nc2nc(-c3cccc([N+](=O)[O-])c3)cs2)c2ccccc2)CC1. The molecule has 3 aromatic rings. The minimum Gasteiger partial charge on any atom is -0.300 e. The molecule has 1 aliphatic rings. The molecule has 1 amide bonds. The number of nitrogens with zero attached hydrogens (tertiary/aromatic N) is 4. The van der Waals surface area contributed by atoms with Crippen LogP contribution in [0, 0.1) is 21.4 Å². The van der Waals surface area contributed by atoms with Crippen LogP contribution in [0.2, 0.25) is 0 Å². The first-order valence-electron chi connectivity index (χ1n) is 9.94. The van der Waals surface area contributed by atoms with E-state index < -0.39 is 11.0 Å². The van der Waals surface area contributed by atoms with Gasteiger partial charge in [0.2, 0.25) is 5.91 Å². The highest BCUT2D eigenvalue weighted by Gasteiger charge is 2.29. The summed E-state index contributed by atoms with van der Waals surface area (Å²) in [7, 11) is 0. The Labute approximate surface area is 188 Å². The summed E-state index contributed by atoms with van der Waals surface area (Å²) in [5.74, 6) is -0.218. The zero-order valence-corrected chi connectivity index (χ0v) is 17.8. The second-order valence-electron chi connectivity index (χ2n) is 7.23. The molecule has 0 radical (unpaired) electrons. The van der Waals surface area contributed by atoms with Crippen LogP contribution in [0.15, 0.2) is 71.6 Å². The second-order valence-corrected chi connectivity index (χ2v) is 8.09. The van der Waals surface area contributed by atoms with E-state index in [2.05, 4.69) is 16.4 Å². The molecule has 8 nitrogen and oxygen atoms in total. The molecule has 4 rings (SSSR count). The van der Waals surface area contributed by atoms with Gasteiger partial charge in [-0.05, 0) is 12.0 Å². The van der Waals surface area contributed by atoms with E-state index in [-0.39, 0.29) is 11.6 Å². The Morgan fingerprint density at radius 3 is 2.75 bits per heavy atom. The number of rotatable bonds is 6. The van der Waals surface area contributed by atoms with Crippen molar-refractivity contribution < 1.29 is 9.72 Å². The van der Waals surface area contributed by atoms with E-state index in [4.69, 9.17) is 5.26 Å². The smallest absolute Gasteiger partial charge is 0.270 e. The lowest BCUT2D eigenvalue weighted by molar-refractivity contribution is -0.384.